The highest BCUT2D eigenvalue weighted by atomic mass is 15.1. The van der Waals surface area contributed by atoms with E-state index in [-0.39, 0.29) is 0 Å². The fourth-order valence-electron chi connectivity index (χ4n) is 10.1. The van der Waals surface area contributed by atoms with Crippen LogP contribution in [0, 0.1) is 37.5 Å². The third-order valence-corrected chi connectivity index (χ3v) is 13.7. The van der Waals surface area contributed by atoms with Gasteiger partial charge in [0.1, 0.15) is 0 Å². The van der Waals surface area contributed by atoms with Gasteiger partial charge in [0.15, 0.2) is 0 Å². The van der Waals surface area contributed by atoms with Crippen molar-refractivity contribution < 1.29 is 0 Å². The Bertz CT molecular complexity index is 2380. The molecule has 0 radical (unpaired) electrons. The van der Waals surface area contributed by atoms with Crippen molar-refractivity contribution in [1.29, 1.82) is 0 Å². The largest absolute Gasteiger partial charge is 0.317 e. The first kappa shape index (κ1) is 42.0. The lowest BCUT2D eigenvalue weighted by atomic mass is 9.73. The van der Waals surface area contributed by atoms with Gasteiger partial charge in [-0.15, -0.1) is 0 Å². The van der Waals surface area contributed by atoms with Crippen molar-refractivity contribution in [2.45, 2.75) is 91.9 Å². The lowest BCUT2D eigenvalue weighted by Crippen LogP contribution is -2.20. The fraction of sp³-hybridized carbons (Fsp3) is 0.300. The standard InChI is InChI=1S/C60H65N/c1-43-26-28-55(45(3)38-43)40-56(41-58(51-18-10-6-11-19-51)52-20-12-7-13-21-52)47(5)48-29-31-49(32-30-48)50-33-35-57(36-34-50)61(60-37-27-44(2)39-46(60)4)42-59(53-22-14-8-15-23-53)54-24-16-9-17-25-54/h6,8-12,14-18,20-26,28-29,33-39,41-42,44,47,49,51,56H,7,13,19,27,30-32,40H2,1-5H3/b58-41+/t44?,47-,49?,51?,56?/m0/s1. The number of hydrogen-bond acceptors (Lipinski definition) is 1. The molecule has 8 rings (SSSR count). The molecule has 4 aliphatic carbocycles. The lowest BCUT2D eigenvalue weighted by Gasteiger charge is -2.32. The molecule has 0 aromatic heterocycles. The van der Waals surface area contributed by atoms with Crippen LogP contribution in [0.3, 0.4) is 0 Å². The van der Waals surface area contributed by atoms with Gasteiger partial charge in [-0.1, -0.05) is 183 Å². The molecule has 4 unspecified atom stereocenters. The highest BCUT2D eigenvalue weighted by molar-refractivity contribution is 5.82. The number of hydrogen-bond donors (Lipinski definition) is 0. The summed E-state index contributed by atoms with van der Waals surface area (Å²) < 4.78 is 0. The van der Waals surface area contributed by atoms with Crippen LogP contribution in [-0.4, -0.2) is 0 Å². The van der Waals surface area contributed by atoms with Gasteiger partial charge in [0.25, 0.3) is 0 Å². The second-order valence-corrected chi connectivity index (χ2v) is 18.1. The van der Waals surface area contributed by atoms with E-state index < -0.39 is 0 Å². The van der Waals surface area contributed by atoms with Gasteiger partial charge in [-0.2, -0.15) is 0 Å². The minimum Gasteiger partial charge on any atom is -0.317 e. The van der Waals surface area contributed by atoms with Crippen LogP contribution in [0.4, 0.5) is 5.69 Å². The molecule has 0 amide bonds. The molecule has 1 nitrogen and oxygen atoms in total. The van der Waals surface area contributed by atoms with Gasteiger partial charge in [-0.3, -0.25) is 0 Å². The van der Waals surface area contributed by atoms with E-state index >= 15 is 0 Å². The normalized spacial score (nSPS) is 21.1. The van der Waals surface area contributed by atoms with Crippen molar-refractivity contribution in [3.63, 3.8) is 0 Å². The molecule has 1 heteroatoms. The maximum absolute atomic E-state index is 2.70. The molecule has 0 bridgehead atoms. The smallest absolute Gasteiger partial charge is 0.0455 e. The number of anilines is 1. The molecule has 61 heavy (non-hydrogen) atoms. The summed E-state index contributed by atoms with van der Waals surface area (Å²) in [6.07, 6.45) is 37.9. The van der Waals surface area contributed by atoms with Crippen molar-refractivity contribution in [3.05, 3.63) is 238 Å². The molecule has 4 aromatic carbocycles. The van der Waals surface area contributed by atoms with Gasteiger partial charge >= 0.3 is 0 Å². The molecule has 0 saturated carbocycles. The predicted molar refractivity (Wildman–Crippen MR) is 262 cm³/mol. The highest BCUT2D eigenvalue weighted by Crippen LogP contribution is 2.41. The Balaban J connectivity index is 1.07. The first-order valence-corrected chi connectivity index (χ1v) is 23.1. The molecule has 0 N–H and O–H groups in total. The van der Waals surface area contributed by atoms with Gasteiger partial charge in [0.2, 0.25) is 0 Å². The number of rotatable bonds is 13. The second-order valence-electron chi connectivity index (χ2n) is 18.1. The highest BCUT2D eigenvalue weighted by Gasteiger charge is 2.27. The topological polar surface area (TPSA) is 3.24 Å². The number of benzene rings is 4. The Morgan fingerprint density at radius 3 is 2.15 bits per heavy atom. The molecular formula is C60H65N. The molecular weight excluding hydrogens is 735 g/mol. The molecule has 0 heterocycles. The van der Waals surface area contributed by atoms with Gasteiger partial charge < -0.3 is 4.90 Å². The van der Waals surface area contributed by atoms with Crippen LogP contribution in [0.25, 0.3) is 5.57 Å². The first-order chi connectivity index (χ1) is 29.8. The summed E-state index contributed by atoms with van der Waals surface area (Å²) in [6.45, 7) is 11.6. The van der Waals surface area contributed by atoms with Crippen LogP contribution >= 0.6 is 0 Å². The first-order valence-electron chi connectivity index (χ1n) is 23.1. The maximum atomic E-state index is 2.70. The zero-order valence-electron chi connectivity index (χ0n) is 37.2. The zero-order valence-corrected chi connectivity index (χ0v) is 37.2. The number of allylic oxidation sites excluding steroid dienone is 15. The van der Waals surface area contributed by atoms with Crippen LogP contribution in [0.2, 0.25) is 0 Å². The summed E-state index contributed by atoms with van der Waals surface area (Å²) in [5, 5.41) is 0. The third kappa shape index (κ3) is 10.3. The van der Waals surface area contributed by atoms with E-state index in [1.807, 2.05) is 0 Å². The summed E-state index contributed by atoms with van der Waals surface area (Å²) in [5.41, 5.74) is 17.7. The van der Waals surface area contributed by atoms with Crippen molar-refractivity contribution in [2.75, 3.05) is 4.90 Å². The molecule has 5 atom stereocenters. The average Bonchev–Trinajstić information content (AvgIpc) is 3.30. The Labute approximate surface area is 367 Å². The van der Waals surface area contributed by atoms with Crippen LogP contribution < -0.4 is 4.90 Å². The van der Waals surface area contributed by atoms with E-state index in [0.717, 1.165) is 44.9 Å². The summed E-state index contributed by atoms with van der Waals surface area (Å²) in [7, 11) is 0. The summed E-state index contributed by atoms with van der Waals surface area (Å²) >= 11 is 0. The molecule has 4 aromatic rings. The molecule has 0 spiro atoms. The van der Waals surface area contributed by atoms with E-state index in [4.69, 9.17) is 0 Å². The van der Waals surface area contributed by atoms with E-state index in [0.29, 0.717) is 29.6 Å². The minimum absolute atomic E-state index is 0.416. The average molecular weight is 800 g/mol. The van der Waals surface area contributed by atoms with E-state index in [1.165, 1.54) is 73.5 Å². The second kappa shape index (κ2) is 19.8. The number of aryl methyl sites for hydroxylation is 2. The van der Waals surface area contributed by atoms with Crippen LogP contribution in [0.5, 0.6) is 0 Å². The minimum atomic E-state index is 0.416. The SMILES string of the molecule is CC1=CC(C)CC=C1N(C=C(c1ccccc1)c1ccccc1)c1ccc(C2CC=C([C@H](C)C(/C=C(/C3=CCCC=C3)C3C=CC=CC3)Cc3ccc(C)cc3C)CC2)cc1. The Hall–Kier alpha value is -5.66. The summed E-state index contributed by atoms with van der Waals surface area (Å²) in [5.74, 6) is 2.37. The predicted octanol–water partition coefficient (Wildman–Crippen LogP) is 16.1. The van der Waals surface area contributed by atoms with Crippen molar-refractivity contribution in [3.8, 4) is 0 Å². The number of nitrogens with zero attached hydrogens (tertiary/aromatic N) is 1. The van der Waals surface area contributed by atoms with Gasteiger partial charge in [-0.25, -0.2) is 0 Å². The van der Waals surface area contributed by atoms with E-state index in [1.54, 1.807) is 5.57 Å². The van der Waals surface area contributed by atoms with Crippen molar-refractivity contribution in [2.24, 2.45) is 23.7 Å². The molecule has 0 fully saturated rings. The lowest BCUT2D eigenvalue weighted by molar-refractivity contribution is 0.443. The van der Waals surface area contributed by atoms with Crippen LogP contribution in [0.1, 0.15) is 105 Å². The van der Waals surface area contributed by atoms with E-state index in [9.17, 15) is 0 Å². The Morgan fingerprint density at radius 1 is 0.770 bits per heavy atom. The summed E-state index contributed by atoms with van der Waals surface area (Å²) in [6, 6.07) is 38.3. The zero-order chi connectivity index (χ0) is 42.1. The molecule has 310 valence electrons. The quantitative estimate of drug-likeness (QED) is 0.122. The van der Waals surface area contributed by atoms with E-state index in [2.05, 4.69) is 216 Å². The van der Waals surface area contributed by atoms with Crippen LogP contribution in [-0.2, 0) is 6.42 Å². The van der Waals surface area contributed by atoms with Gasteiger partial charge in [-0.05, 0) is 152 Å². The molecule has 0 aliphatic heterocycles. The van der Waals surface area contributed by atoms with Crippen LogP contribution in [0.15, 0.2) is 204 Å². The van der Waals surface area contributed by atoms with Crippen molar-refractivity contribution >= 4 is 11.3 Å². The fourth-order valence-corrected chi connectivity index (χ4v) is 10.1. The molecule has 0 saturated heterocycles. The maximum Gasteiger partial charge on any atom is 0.0455 e. The Morgan fingerprint density at radius 2 is 1.52 bits per heavy atom. The monoisotopic (exact) mass is 800 g/mol. The Kier molecular flexibility index (Phi) is 13.7. The van der Waals surface area contributed by atoms with Crippen molar-refractivity contribution in [1.82, 2.24) is 0 Å². The van der Waals surface area contributed by atoms with Gasteiger partial charge in [0.05, 0.1) is 0 Å². The molecule has 4 aliphatic rings. The van der Waals surface area contributed by atoms with Gasteiger partial charge in [0, 0.05) is 29.1 Å². The third-order valence-electron chi connectivity index (χ3n) is 13.7. The summed E-state index contributed by atoms with van der Waals surface area (Å²) in [4.78, 5) is 2.44.